The standard InChI is InChI=1S/C20H24BrNO2/c1-14(2)16-9-10-19(18(21)13-16)24-11-5-8-20(23)22-17-7-4-6-15(3)12-17/h4,6-7,9-10,12-14H,5,8,11H2,1-3H3,(H,22,23). The fourth-order valence-corrected chi connectivity index (χ4v) is 2.87. The lowest BCUT2D eigenvalue weighted by Crippen LogP contribution is -2.12. The Labute approximate surface area is 152 Å². The van der Waals surface area contributed by atoms with Gasteiger partial charge in [-0.1, -0.05) is 32.0 Å². The van der Waals surface area contributed by atoms with Crippen LogP contribution in [0.5, 0.6) is 5.75 Å². The summed E-state index contributed by atoms with van der Waals surface area (Å²) in [5.41, 5.74) is 3.24. The van der Waals surface area contributed by atoms with E-state index in [0.717, 1.165) is 21.5 Å². The zero-order valence-electron chi connectivity index (χ0n) is 14.4. The molecule has 0 heterocycles. The van der Waals surface area contributed by atoms with Crippen LogP contribution in [0.4, 0.5) is 5.69 Å². The molecule has 0 aliphatic rings. The molecule has 0 spiro atoms. The molecule has 0 saturated heterocycles. The first-order chi connectivity index (χ1) is 11.5. The maximum absolute atomic E-state index is 11.9. The summed E-state index contributed by atoms with van der Waals surface area (Å²) >= 11 is 3.54. The third-order valence-corrected chi connectivity index (χ3v) is 4.35. The number of rotatable bonds is 7. The van der Waals surface area contributed by atoms with Crippen LogP contribution in [0.3, 0.4) is 0 Å². The molecule has 0 fully saturated rings. The minimum atomic E-state index is 0.0124. The Morgan fingerprint density at radius 2 is 2.00 bits per heavy atom. The summed E-state index contributed by atoms with van der Waals surface area (Å²) in [4.78, 5) is 11.9. The SMILES string of the molecule is Cc1cccc(NC(=O)CCCOc2ccc(C(C)C)cc2Br)c1. The lowest BCUT2D eigenvalue weighted by Gasteiger charge is -2.11. The summed E-state index contributed by atoms with van der Waals surface area (Å²) in [6, 6.07) is 13.9. The zero-order chi connectivity index (χ0) is 17.5. The van der Waals surface area contributed by atoms with Gasteiger partial charge in [0.25, 0.3) is 0 Å². The van der Waals surface area contributed by atoms with Gasteiger partial charge in [0.1, 0.15) is 5.75 Å². The van der Waals surface area contributed by atoms with E-state index in [1.54, 1.807) is 0 Å². The number of nitrogens with one attached hydrogen (secondary N) is 1. The minimum Gasteiger partial charge on any atom is -0.492 e. The van der Waals surface area contributed by atoms with Crippen molar-refractivity contribution in [2.45, 2.75) is 39.5 Å². The Balaban J connectivity index is 1.75. The first-order valence-electron chi connectivity index (χ1n) is 8.24. The summed E-state index contributed by atoms with van der Waals surface area (Å²) in [6.45, 7) is 6.84. The second kappa shape index (κ2) is 8.88. The van der Waals surface area contributed by atoms with E-state index in [1.807, 2.05) is 37.3 Å². The van der Waals surface area contributed by atoms with Crippen LogP contribution in [0, 0.1) is 6.92 Å². The first-order valence-corrected chi connectivity index (χ1v) is 9.04. The molecule has 0 unspecified atom stereocenters. The second-order valence-electron chi connectivity index (χ2n) is 6.21. The number of halogens is 1. The fraction of sp³-hybridized carbons (Fsp3) is 0.350. The van der Waals surface area contributed by atoms with Crippen molar-refractivity contribution in [3.05, 3.63) is 58.1 Å². The van der Waals surface area contributed by atoms with Crippen LogP contribution in [0.2, 0.25) is 0 Å². The van der Waals surface area contributed by atoms with Crippen LogP contribution < -0.4 is 10.1 Å². The lowest BCUT2D eigenvalue weighted by atomic mass is 10.0. The number of aryl methyl sites for hydroxylation is 1. The van der Waals surface area contributed by atoms with Crippen molar-refractivity contribution in [2.24, 2.45) is 0 Å². The number of hydrogen-bond donors (Lipinski definition) is 1. The number of amides is 1. The summed E-state index contributed by atoms with van der Waals surface area (Å²) in [6.07, 6.45) is 1.12. The van der Waals surface area contributed by atoms with Crippen molar-refractivity contribution in [1.82, 2.24) is 0 Å². The number of hydrogen-bond acceptors (Lipinski definition) is 2. The largest absolute Gasteiger partial charge is 0.492 e. The third-order valence-electron chi connectivity index (χ3n) is 3.73. The lowest BCUT2D eigenvalue weighted by molar-refractivity contribution is -0.116. The molecule has 0 atom stereocenters. The monoisotopic (exact) mass is 389 g/mol. The van der Waals surface area contributed by atoms with Gasteiger partial charge in [-0.2, -0.15) is 0 Å². The maximum atomic E-state index is 11.9. The van der Waals surface area contributed by atoms with Crippen LogP contribution in [0.25, 0.3) is 0 Å². The highest BCUT2D eigenvalue weighted by Crippen LogP contribution is 2.29. The summed E-state index contributed by atoms with van der Waals surface area (Å²) < 4.78 is 6.72. The second-order valence-corrected chi connectivity index (χ2v) is 7.07. The van der Waals surface area contributed by atoms with E-state index in [9.17, 15) is 4.79 Å². The summed E-state index contributed by atoms with van der Waals surface area (Å²) in [5.74, 6) is 1.32. The topological polar surface area (TPSA) is 38.3 Å². The van der Waals surface area contributed by atoms with Crippen molar-refractivity contribution < 1.29 is 9.53 Å². The van der Waals surface area contributed by atoms with E-state index in [4.69, 9.17) is 4.74 Å². The van der Waals surface area contributed by atoms with Crippen LogP contribution in [-0.2, 0) is 4.79 Å². The third kappa shape index (κ3) is 5.68. The molecule has 4 heteroatoms. The quantitative estimate of drug-likeness (QED) is 0.618. The van der Waals surface area contributed by atoms with E-state index in [2.05, 4.69) is 47.2 Å². The number of carbonyl (C=O) groups excluding carboxylic acids is 1. The van der Waals surface area contributed by atoms with Crippen molar-refractivity contribution >= 4 is 27.5 Å². The first kappa shape index (κ1) is 18.5. The predicted molar refractivity (Wildman–Crippen MR) is 103 cm³/mol. The number of carbonyl (C=O) groups is 1. The van der Waals surface area contributed by atoms with Gasteiger partial charge in [-0.05, 0) is 70.6 Å². The molecule has 0 radical (unpaired) electrons. The molecule has 1 amide bonds. The van der Waals surface area contributed by atoms with Crippen LogP contribution >= 0.6 is 15.9 Å². The van der Waals surface area contributed by atoms with Gasteiger partial charge in [-0.15, -0.1) is 0 Å². The normalized spacial score (nSPS) is 10.7. The molecule has 2 rings (SSSR count). The molecular formula is C20H24BrNO2. The number of anilines is 1. The zero-order valence-corrected chi connectivity index (χ0v) is 16.0. The van der Waals surface area contributed by atoms with E-state index < -0.39 is 0 Å². The molecule has 1 N–H and O–H groups in total. The highest BCUT2D eigenvalue weighted by molar-refractivity contribution is 9.10. The molecular weight excluding hydrogens is 366 g/mol. The van der Waals surface area contributed by atoms with Gasteiger partial charge in [0.2, 0.25) is 5.91 Å². The molecule has 0 bridgehead atoms. The summed E-state index contributed by atoms with van der Waals surface area (Å²) in [7, 11) is 0. The summed E-state index contributed by atoms with van der Waals surface area (Å²) in [5, 5.41) is 2.91. The van der Waals surface area contributed by atoms with Gasteiger partial charge in [-0.3, -0.25) is 4.79 Å². The predicted octanol–water partition coefficient (Wildman–Crippen LogP) is 5.68. The van der Waals surface area contributed by atoms with E-state index in [-0.39, 0.29) is 5.91 Å². The average Bonchev–Trinajstić information content (AvgIpc) is 2.52. The van der Waals surface area contributed by atoms with Crippen molar-refractivity contribution in [3.63, 3.8) is 0 Å². The van der Waals surface area contributed by atoms with Crippen molar-refractivity contribution in [2.75, 3.05) is 11.9 Å². The van der Waals surface area contributed by atoms with E-state index in [0.29, 0.717) is 25.4 Å². The Morgan fingerprint density at radius 3 is 2.67 bits per heavy atom. The molecule has 2 aromatic rings. The highest BCUT2D eigenvalue weighted by atomic mass is 79.9. The number of benzene rings is 2. The minimum absolute atomic E-state index is 0.0124. The average molecular weight is 390 g/mol. The Bertz CT molecular complexity index is 698. The number of ether oxygens (including phenoxy) is 1. The molecule has 3 nitrogen and oxygen atoms in total. The molecule has 24 heavy (non-hydrogen) atoms. The Kier molecular flexibility index (Phi) is 6.85. The van der Waals surface area contributed by atoms with Crippen LogP contribution in [-0.4, -0.2) is 12.5 Å². The van der Waals surface area contributed by atoms with E-state index >= 15 is 0 Å². The highest BCUT2D eigenvalue weighted by Gasteiger charge is 2.07. The molecule has 0 aliphatic heterocycles. The van der Waals surface area contributed by atoms with Gasteiger partial charge in [-0.25, -0.2) is 0 Å². The van der Waals surface area contributed by atoms with Gasteiger partial charge >= 0.3 is 0 Å². The molecule has 0 aliphatic carbocycles. The fourth-order valence-electron chi connectivity index (χ4n) is 2.35. The Morgan fingerprint density at radius 1 is 1.21 bits per heavy atom. The van der Waals surface area contributed by atoms with Crippen LogP contribution in [0.15, 0.2) is 46.9 Å². The van der Waals surface area contributed by atoms with Gasteiger partial charge in [0.15, 0.2) is 0 Å². The van der Waals surface area contributed by atoms with E-state index in [1.165, 1.54) is 5.56 Å². The molecule has 0 aromatic heterocycles. The van der Waals surface area contributed by atoms with Gasteiger partial charge < -0.3 is 10.1 Å². The smallest absolute Gasteiger partial charge is 0.224 e. The Hall–Kier alpha value is -1.81. The van der Waals surface area contributed by atoms with Crippen LogP contribution in [0.1, 0.15) is 43.7 Å². The molecule has 128 valence electrons. The molecule has 2 aromatic carbocycles. The molecule has 0 saturated carbocycles. The van der Waals surface area contributed by atoms with Crippen molar-refractivity contribution in [3.8, 4) is 5.75 Å². The van der Waals surface area contributed by atoms with Gasteiger partial charge in [0.05, 0.1) is 11.1 Å². The van der Waals surface area contributed by atoms with Crippen molar-refractivity contribution in [1.29, 1.82) is 0 Å². The maximum Gasteiger partial charge on any atom is 0.224 e. The van der Waals surface area contributed by atoms with Gasteiger partial charge in [0, 0.05) is 12.1 Å².